The first kappa shape index (κ1) is 16.4. The van der Waals surface area contributed by atoms with Crippen molar-refractivity contribution in [3.63, 3.8) is 0 Å². The third-order valence-electron chi connectivity index (χ3n) is 2.56. The Morgan fingerprint density at radius 3 is 2.18 bits per heavy atom. The van der Waals surface area contributed by atoms with E-state index in [0.29, 0.717) is 6.42 Å². The van der Waals surface area contributed by atoms with Crippen molar-refractivity contribution in [1.29, 1.82) is 0 Å². The highest BCUT2D eigenvalue weighted by Crippen LogP contribution is 1.97. The summed E-state index contributed by atoms with van der Waals surface area (Å²) in [4.78, 5) is 15.3. The van der Waals surface area contributed by atoms with Gasteiger partial charge >= 0.3 is 5.97 Å². The lowest BCUT2D eigenvalue weighted by Gasteiger charge is -2.22. The van der Waals surface area contributed by atoms with Crippen molar-refractivity contribution in [3.8, 4) is 0 Å². The molecule has 2 N–H and O–H groups in total. The molecule has 0 heterocycles. The molecule has 5 heteroatoms. The van der Waals surface area contributed by atoms with Gasteiger partial charge in [-0.25, -0.2) is 0 Å². The summed E-state index contributed by atoms with van der Waals surface area (Å²) in [7, 11) is 6.10. The molecule has 0 radical (unpaired) electrons. The quantitative estimate of drug-likeness (QED) is 0.613. The lowest BCUT2D eigenvalue weighted by atomic mass is 10.2. The minimum Gasteiger partial charge on any atom is -0.480 e. The molecule has 0 aromatic rings. The molecule has 5 nitrogen and oxygen atoms in total. The van der Waals surface area contributed by atoms with Gasteiger partial charge in [0.15, 0.2) is 0 Å². The molecule has 0 saturated carbocycles. The monoisotopic (exact) mass is 245 g/mol. The maximum absolute atomic E-state index is 11.0. The highest BCUT2D eigenvalue weighted by Gasteiger charge is 2.18. The Kier molecular flexibility index (Phi) is 8.12. The van der Waals surface area contributed by atoms with E-state index < -0.39 is 12.0 Å². The second-order valence-electron chi connectivity index (χ2n) is 5.11. The van der Waals surface area contributed by atoms with Crippen LogP contribution in [0.2, 0.25) is 0 Å². The first-order valence-corrected chi connectivity index (χ1v) is 6.15. The molecule has 0 bridgehead atoms. The molecular formula is C12H27N3O2. The fourth-order valence-electron chi connectivity index (χ4n) is 1.51. The van der Waals surface area contributed by atoms with Gasteiger partial charge in [0.1, 0.15) is 6.04 Å². The van der Waals surface area contributed by atoms with E-state index in [9.17, 15) is 4.79 Å². The van der Waals surface area contributed by atoms with Crippen LogP contribution in [0.5, 0.6) is 0 Å². The van der Waals surface area contributed by atoms with E-state index in [2.05, 4.69) is 15.1 Å². The lowest BCUT2D eigenvalue weighted by molar-refractivity contribution is -0.139. The normalized spacial score (nSPS) is 13.6. The molecule has 0 aromatic carbocycles. The number of aliphatic carboxylic acids is 1. The Labute approximate surface area is 105 Å². The van der Waals surface area contributed by atoms with E-state index in [4.69, 9.17) is 5.11 Å². The minimum absolute atomic E-state index is 0.197. The molecule has 0 saturated heterocycles. The molecule has 0 aliphatic carbocycles. The SMILES string of the molecule is CC(C)NC(CCN(C)CCN(C)C)C(=O)O. The smallest absolute Gasteiger partial charge is 0.320 e. The molecule has 102 valence electrons. The van der Waals surface area contributed by atoms with Crippen molar-refractivity contribution in [2.75, 3.05) is 40.8 Å². The topological polar surface area (TPSA) is 55.8 Å². The Morgan fingerprint density at radius 1 is 1.18 bits per heavy atom. The van der Waals surface area contributed by atoms with Crippen molar-refractivity contribution in [3.05, 3.63) is 0 Å². The Morgan fingerprint density at radius 2 is 1.76 bits per heavy atom. The molecule has 1 atom stereocenters. The van der Waals surface area contributed by atoms with Crippen molar-refractivity contribution in [1.82, 2.24) is 15.1 Å². The number of likely N-dealkylation sites (N-methyl/N-ethyl adjacent to an activating group) is 2. The zero-order valence-corrected chi connectivity index (χ0v) is 11.7. The molecule has 0 aromatic heterocycles. The van der Waals surface area contributed by atoms with Gasteiger partial charge in [-0.2, -0.15) is 0 Å². The minimum atomic E-state index is -0.764. The predicted molar refractivity (Wildman–Crippen MR) is 70.4 cm³/mol. The second kappa shape index (κ2) is 8.44. The summed E-state index contributed by atoms with van der Waals surface area (Å²) < 4.78 is 0. The van der Waals surface area contributed by atoms with Gasteiger partial charge in [0.25, 0.3) is 0 Å². The van der Waals surface area contributed by atoms with Crippen molar-refractivity contribution >= 4 is 5.97 Å². The average molecular weight is 245 g/mol. The number of rotatable bonds is 9. The molecule has 0 aliphatic rings. The summed E-state index contributed by atoms with van der Waals surface area (Å²) in [5.74, 6) is -0.764. The molecule has 1 unspecified atom stereocenters. The molecule has 0 spiro atoms. The Balaban J connectivity index is 3.91. The third kappa shape index (κ3) is 9.09. The molecule has 0 fully saturated rings. The van der Waals surface area contributed by atoms with Crippen LogP contribution < -0.4 is 5.32 Å². The van der Waals surface area contributed by atoms with Crippen LogP contribution in [-0.2, 0) is 4.79 Å². The maximum Gasteiger partial charge on any atom is 0.320 e. The van der Waals surface area contributed by atoms with Gasteiger partial charge in [-0.15, -0.1) is 0 Å². The number of carboxylic acid groups (broad SMARTS) is 1. The summed E-state index contributed by atoms with van der Waals surface area (Å²) in [5.41, 5.74) is 0. The van der Waals surface area contributed by atoms with E-state index in [0.717, 1.165) is 19.6 Å². The fourth-order valence-corrected chi connectivity index (χ4v) is 1.51. The number of hydrogen-bond donors (Lipinski definition) is 2. The largest absolute Gasteiger partial charge is 0.480 e. The average Bonchev–Trinajstić information content (AvgIpc) is 2.20. The highest BCUT2D eigenvalue weighted by molar-refractivity contribution is 5.73. The summed E-state index contributed by atoms with van der Waals surface area (Å²) >= 11 is 0. The van der Waals surface area contributed by atoms with Crippen LogP contribution in [0, 0.1) is 0 Å². The highest BCUT2D eigenvalue weighted by atomic mass is 16.4. The number of carbonyl (C=O) groups is 1. The van der Waals surface area contributed by atoms with Crippen molar-refractivity contribution < 1.29 is 9.90 Å². The number of carboxylic acids is 1. The number of nitrogens with one attached hydrogen (secondary N) is 1. The van der Waals surface area contributed by atoms with Crippen LogP contribution in [0.3, 0.4) is 0 Å². The summed E-state index contributed by atoms with van der Waals surface area (Å²) in [6.45, 7) is 6.68. The van der Waals surface area contributed by atoms with Gasteiger partial charge in [-0.3, -0.25) is 4.79 Å². The first-order valence-electron chi connectivity index (χ1n) is 6.15. The van der Waals surface area contributed by atoms with Crippen LogP contribution in [0.25, 0.3) is 0 Å². The predicted octanol–water partition coefficient (Wildman–Crippen LogP) is 0.321. The second-order valence-corrected chi connectivity index (χ2v) is 5.11. The van der Waals surface area contributed by atoms with Crippen LogP contribution in [-0.4, -0.2) is 73.7 Å². The van der Waals surface area contributed by atoms with Crippen LogP contribution in [0.4, 0.5) is 0 Å². The number of hydrogen-bond acceptors (Lipinski definition) is 4. The van der Waals surface area contributed by atoms with E-state index in [1.807, 2.05) is 35.0 Å². The van der Waals surface area contributed by atoms with Gasteiger partial charge in [-0.1, -0.05) is 13.8 Å². The van der Waals surface area contributed by atoms with Gasteiger partial charge < -0.3 is 20.2 Å². The Bertz CT molecular complexity index is 220. The van der Waals surface area contributed by atoms with E-state index in [1.165, 1.54) is 0 Å². The maximum atomic E-state index is 11.0. The first-order chi connectivity index (χ1) is 7.82. The fraction of sp³-hybridized carbons (Fsp3) is 0.917. The molecule has 0 rings (SSSR count). The van der Waals surface area contributed by atoms with Gasteiger partial charge in [0.05, 0.1) is 0 Å². The summed E-state index contributed by atoms with van der Waals surface area (Å²) in [5, 5.41) is 12.1. The van der Waals surface area contributed by atoms with E-state index in [1.54, 1.807) is 0 Å². The molecule has 0 aliphatic heterocycles. The van der Waals surface area contributed by atoms with Crippen molar-refractivity contribution in [2.45, 2.75) is 32.4 Å². The summed E-state index contributed by atoms with van der Waals surface area (Å²) in [6, 6.07) is -0.250. The summed E-state index contributed by atoms with van der Waals surface area (Å²) in [6.07, 6.45) is 0.636. The van der Waals surface area contributed by atoms with Crippen molar-refractivity contribution in [2.24, 2.45) is 0 Å². The zero-order valence-electron chi connectivity index (χ0n) is 11.7. The van der Waals surface area contributed by atoms with Crippen LogP contribution in [0.15, 0.2) is 0 Å². The standard InChI is InChI=1S/C12H27N3O2/c1-10(2)13-11(12(16)17)6-7-15(5)9-8-14(3)4/h10-11,13H,6-9H2,1-5H3,(H,16,17). The molecule has 0 amide bonds. The zero-order chi connectivity index (χ0) is 13.4. The Hall–Kier alpha value is -0.650. The van der Waals surface area contributed by atoms with Crippen LogP contribution in [0.1, 0.15) is 20.3 Å². The van der Waals surface area contributed by atoms with Gasteiger partial charge in [0, 0.05) is 19.1 Å². The third-order valence-corrected chi connectivity index (χ3v) is 2.56. The van der Waals surface area contributed by atoms with Gasteiger partial charge in [-0.05, 0) is 34.1 Å². The van der Waals surface area contributed by atoms with E-state index >= 15 is 0 Å². The lowest BCUT2D eigenvalue weighted by Crippen LogP contribution is -2.43. The van der Waals surface area contributed by atoms with Crippen LogP contribution >= 0.6 is 0 Å². The van der Waals surface area contributed by atoms with E-state index in [-0.39, 0.29) is 6.04 Å². The molecular weight excluding hydrogens is 218 g/mol. The van der Waals surface area contributed by atoms with Gasteiger partial charge in [0.2, 0.25) is 0 Å². The number of nitrogens with zero attached hydrogens (tertiary/aromatic N) is 2. The molecule has 17 heavy (non-hydrogen) atoms.